The Morgan fingerprint density at radius 3 is 2.37 bits per heavy atom. The van der Waals surface area contributed by atoms with Crippen molar-refractivity contribution in [2.45, 2.75) is 82.8 Å². The fourth-order valence-electron chi connectivity index (χ4n) is 5.42. The summed E-state index contributed by atoms with van der Waals surface area (Å²) in [4.78, 5) is 17.6. The number of halogens is 3. The second-order valence-corrected chi connectivity index (χ2v) is 9.98. The van der Waals surface area contributed by atoms with Gasteiger partial charge in [-0.25, -0.2) is 0 Å². The van der Waals surface area contributed by atoms with Crippen LogP contribution in [-0.2, 0) is 12.7 Å². The van der Waals surface area contributed by atoms with Crippen LogP contribution in [0.1, 0.15) is 73.4 Å². The molecule has 2 aliphatic rings. The van der Waals surface area contributed by atoms with Gasteiger partial charge in [0.25, 0.3) is 5.91 Å². The molecule has 4 nitrogen and oxygen atoms in total. The summed E-state index contributed by atoms with van der Waals surface area (Å²) in [6.07, 6.45) is 2.14. The van der Waals surface area contributed by atoms with Gasteiger partial charge in [-0.3, -0.25) is 4.79 Å². The average Bonchev–Trinajstić information content (AvgIpc) is 3.09. The first-order valence-corrected chi connectivity index (χ1v) is 12.7. The third-order valence-corrected chi connectivity index (χ3v) is 7.19. The van der Waals surface area contributed by atoms with Gasteiger partial charge >= 0.3 is 6.18 Å². The zero-order chi connectivity index (χ0) is 25.0. The Balaban J connectivity index is 1.35. The first kappa shape index (κ1) is 25.5. The van der Waals surface area contributed by atoms with E-state index in [0.29, 0.717) is 18.4 Å². The van der Waals surface area contributed by atoms with Crippen LogP contribution in [0.2, 0.25) is 0 Å². The minimum absolute atomic E-state index is 0.0397. The van der Waals surface area contributed by atoms with Gasteiger partial charge in [0.2, 0.25) is 0 Å². The highest BCUT2D eigenvalue weighted by Gasteiger charge is 2.44. The predicted molar refractivity (Wildman–Crippen MR) is 130 cm³/mol. The molecule has 2 atom stereocenters. The van der Waals surface area contributed by atoms with Gasteiger partial charge in [0.05, 0.1) is 5.56 Å². The molecule has 2 aromatic carbocycles. The molecule has 0 spiro atoms. The van der Waals surface area contributed by atoms with Crippen molar-refractivity contribution in [1.29, 1.82) is 0 Å². The Hall–Kier alpha value is -2.54. The molecule has 7 heteroatoms. The fourth-order valence-corrected chi connectivity index (χ4v) is 5.42. The summed E-state index contributed by atoms with van der Waals surface area (Å²) in [5, 5.41) is 0. The van der Waals surface area contributed by atoms with Crippen molar-refractivity contribution in [1.82, 2.24) is 9.80 Å². The Morgan fingerprint density at radius 1 is 1.06 bits per heavy atom. The number of piperidine rings is 1. The second-order valence-electron chi connectivity index (χ2n) is 9.98. The number of carbonyl (C=O) groups excluding carboxylic acids is 1. The maximum Gasteiger partial charge on any atom is 0.416 e. The SMILES string of the molecule is CCCCCN(C)Cc1ccc(C(=O)N2C3CCC2CC(Oc2cccc(C(F)(F)F)c2)C3)cc1. The van der Waals surface area contributed by atoms with Gasteiger partial charge in [0, 0.05) is 37.0 Å². The number of rotatable bonds is 9. The summed E-state index contributed by atoms with van der Waals surface area (Å²) in [6, 6.07) is 13.1. The quantitative estimate of drug-likeness (QED) is 0.376. The zero-order valence-electron chi connectivity index (χ0n) is 20.6. The Morgan fingerprint density at radius 2 is 1.74 bits per heavy atom. The smallest absolute Gasteiger partial charge is 0.416 e. The number of benzene rings is 2. The van der Waals surface area contributed by atoms with E-state index in [0.717, 1.165) is 38.1 Å². The summed E-state index contributed by atoms with van der Waals surface area (Å²) >= 11 is 0. The van der Waals surface area contributed by atoms with E-state index >= 15 is 0 Å². The summed E-state index contributed by atoms with van der Waals surface area (Å²) in [6.45, 7) is 4.13. The molecule has 2 aliphatic heterocycles. The van der Waals surface area contributed by atoms with Crippen LogP contribution in [0.25, 0.3) is 0 Å². The summed E-state index contributed by atoms with van der Waals surface area (Å²) in [5.41, 5.74) is 1.18. The molecular formula is C28H35F3N2O2. The van der Waals surface area contributed by atoms with Crippen LogP contribution in [0.3, 0.4) is 0 Å². The highest BCUT2D eigenvalue weighted by atomic mass is 19.4. The molecule has 1 amide bonds. The normalized spacial score (nSPS) is 22.0. The highest BCUT2D eigenvalue weighted by Crippen LogP contribution is 2.39. The first-order chi connectivity index (χ1) is 16.7. The Labute approximate surface area is 206 Å². The van der Waals surface area contributed by atoms with E-state index in [1.165, 1.54) is 30.9 Å². The molecule has 4 rings (SSSR count). The maximum atomic E-state index is 13.3. The van der Waals surface area contributed by atoms with Crippen molar-refractivity contribution in [2.24, 2.45) is 0 Å². The number of alkyl halides is 3. The highest BCUT2D eigenvalue weighted by molar-refractivity contribution is 5.95. The molecule has 2 saturated heterocycles. The molecule has 2 aromatic rings. The summed E-state index contributed by atoms with van der Waals surface area (Å²) in [7, 11) is 2.12. The van der Waals surface area contributed by atoms with E-state index in [9.17, 15) is 18.0 Å². The van der Waals surface area contributed by atoms with Gasteiger partial charge in [-0.1, -0.05) is 38.0 Å². The Kier molecular flexibility index (Phi) is 8.05. The van der Waals surface area contributed by atoms with Crippen molar-refractivity contribution < 1.29 is 22.7 Å². The number of nitrogens with zero attached hydrogens (tertiary/aromatic N) is 2. The summed E-state index contributed by atoms with van der Waals surface area (Å²) in [5.74, 6) is 0.275. The van der Waals surface area contributed by atoms with Crippen LogP contribution < -0.4 is 4.74 Å². The topological polar surface area (TPSA) is 32.8 Å². The average molecular weight is 489 g/mol. The molecule has 190 valence electrons. The largest absolute Gasteiger partial charge is 0.490 e. The van der Waals surface area contributed by atoms with E-state index in [-0.39, 0.29) is 29.8 Å². The molecule has 0 saturated carbocycles. The fraction of sp³-hybridized carbons (Fsp3) is 0.536. The molecule has 2 heterocycles. The van der Waals surface area contributed by atoms with Crippen molar-refractivity contribution in [3.8, 4) is 5.75 Å². The molecule has 0 radical (unpaired) electrons. The van der Waals surface area contributed by atoms with E-state index in [4.69, 9.17) is 4.74 Å². The third kappa shape index (κ3) is 6.37. The van der Waals surface area contributed by atoms with E-state index in [2.05, 4.69) is 18.9 Å². The maximum absolute atomic E-state index is 13.3. The number of amides is 1. The van der Waals surface area contributed by atoms with Gasteiger partial charge in [0.1, 0.15) is 11.9 Å². The van der Waals surface area contributed by atoms with E-state index in [1.54, 1.807) is 6.07 Å². The lowest BCUT2D eigenvalue weighted by Gasteiger charge is -2.39. The van der Waals surface area contributed by atoms with Gasteiger partial charge in [0.15, 0.2) is 0 Å². The van der Waals surface area contributed by atoms with Crippen LogP contribution in [-0.4, -0.2) is 47.5 Å². The molecular weight excluding hydrogens is 453 g/mol. The molecule has 2 fully saturated rings. The van der Waals surface area contributed by atoms with Crippen LogP contribution in [0.15, 0.2) is 48.5 Å². The van der Waals surface area contributed by atoms with Crippen LogP contribution in [0.5, 0.6) is 5.75 Å². The van der Waals surface area contributed by atoms with Crippen molar-refractivity contribution in [3.05, 3.63) is 65.2 Å². The van der Waals surface area contributed by atoms with Crippen LogP contribution >= 0.6 is 0 Å². The number of hydrogen-bond donors (Lipinski definition) is 0. The predicted octanol–water partition coefficient (Wildman–Crippen LogP) is 6.54. The van der Waals surface area contributed by atoms with Gasteiger partial charge < -0.3 is 14.5 Å². The lowest BCUT2D eigenvalue weighted by molar-refractivity contribution is -0.137. The van der Waals surface area contributed by atoms with E-state index < -0.39 is 11.7 Å². The number of fused-ring (bicyclic) bond motifs is 2. The van der Waals surface area contributed by atoms with Crippen molar-refractivity contribution >= 4 is 5.91 Å². The number of hydrogen-bond acceptors (Lipinski definition) is 3. The van der Waals surface area contributed by atoms with Crippen LogP contribution in [0.4, 0.5) is 13.2 Å². The van der Waals surface area contributed by atoms with E-state index in [1.807, 2.05) is 29.2 Å². The number of unbranched alkanes of at least 4 members (excludes halogenated alkanes) is 2. The number of carbonyl (C=O) groups is 1. The molecule has 0 N–H and O–H groups in total. The molecule has 35 heavy (non-hydrogen) atoms. The minimum Gasteiger partial charge on any atom is -0.490 e. The van der Waals surface area contributed by atoms with Crippen molar-refractivity contribution in [2.75, 3.05) is 13.6 Å². The summed E-state index contributed by atoms with van der Waals surface area (Å²) < 4.78 is 45.0. The molecule has 2 unspecified atom stereocenters. The lowest BCUT2D eigenvalue weighted by atomic mass is 9.98. The third-order valence-electron chi connectivity index (χ3n) is 7.19. The van der Waals surface area contributed by atoms with Crippen molar-refractivity contribution in [3.63, 3.8) is 0 Å². The molecule has 0 aromatic heterocycles. The Bertz CT molecular complexity index is 978. The zero-order valence-corrected chi connectivity index (χ0v) is 20.6. The second kappa shape index (κ2) is 11.0. The van der Waals surface area contributed by atoms with Gasteiger partial charge in [-0.2, -0.15) is 13.2 Å². The van der Waals surface area contributed by atoms with Crippen LogP contribution in [0, 0.1) is 0 Å². The molecule has 0 aliphatic carbocycles. The number of ether oxygens (including phenoxy) is 1. The monoisotopic (exact) mass is 488 g/mol. The standard InChI is InChI=1S/C28H35F3N2O2/c1-3-4-5-15-32(2)19-20-9-11-21(12-10-20)27(34)33-23-13-14-24(33)18-26(17-23)35-25-8-6-7-22(16-25)28(29,30)31/h6-12,16,23-24,26H,3-5,13-15,17-19H2,1-2H3. The minimum atomic E-state index is -4.39. The first-order valence-electron chi connectivity index (χ1n) is 12.7. The van der Waals surface area contributed by atoms with Gasteiger partial charge in [-0.15, -0.1) is 0 Å². The molecule has 2 bridgehead atoms. The lowest BCUT2D eigenvalue weighted by Crippen LogP contribution is -2.49. The van der Waals surface area contributed by atoms with Gasteiger partial charge in [-0.05, 0) is 68.8 Å².